The van der Waals surface area contributed by atoms with Crippen molar-refractivity contribution in [2.45, 2.75) is 50.8 Å². The lowest BCUT2D eigenvalue weighted by atomic mass is 9.87. The van der Waals surface area contributed by atoms with Crippen LogP contribution in [0.25, 0.3) is 0 Å². The van der Waals surface area contributed by atoms with E-state index in [-0.39, 0.29) is 5.60 Å². The Kier molecular flexibility index (Phi) is 8.01. The SMILES string of the molecule is CCCCC1(OC)CCNCC1.O=C(O)C(F)(F)F. The number of piperidine rings is 1. The molecule has 1 saturated heterocycles. The maximum absolute atomic E-state index is 10.6. The standard InChI is InChI=1S/C10H21NO.C2HF3O2/c1-3-4-5-10(12-2)6-8-11-9-7-10;3-2(4,5)1(6)7/h11H,3-9H2,1-2H3;(H,6,7). The van der Waals surface area contributed by atoms with Crippen molar-refractivity contribution in [3.05, 3.63) is 0 Å². The van der Waals surface area contributed by atoms with E-state index in [0.29, 0.717) is 0 Å². The molecule has 0 unspecified atom stereocenters. The minimum atomic E-state index is -5.08. The fourth-order valence-corrected chi connectivity index (χ4v) is 1.94. The van der Waals surface area contributed by atoms with Gasteiger partial charge in [0.25, 0.3) is 0 Å². The highest BCUT2D eigenvalue weighted by atomic mass is 19.4. The molecule has 0 aromatic rings. The van der Waals surface area contributed by atoms with Crippen molar-refractivity contribution in [1.29, 1.82) is 0 Å². The van der Waals surface area contributed by atoms with Crippen molar-refractivity contribution in [2.75, 3.05) is 20.2 Å². The van der Waals surface area contributed by atoms with E-state index >= 15 is 0 Å². The molecule has 0 saturated carbocycles. The van der Waals surface area contributed by atoms with Crippen molar-refractivity contribution in [1.82, 2.24) is 5.32 Å². The number of nitrogens with one attached hydrogen (secondary N) is 1. The Morgan fingerprint density at radius 1 is 1.37 bits per heavy atom. The van der Waals surface area contributed by atoms with Crippen LogP contribution < -0.4 is 5.32 Å². The number of carbonyl (C=O) groups is 1. The van der Waals surface area contributed by atoms with E-state index in [0.717, 1.165) is 13.1 Å². The number of hydrogen-bond acceptors (Lipinski definition) is 3. The van der Waals surface area contributed by atoms with E-state index in [9.17, 15) is 13.2 Å². The van der Waals surface area contributed by atoms with Crippen molar-refractivity contribution in [3.8, 4) is 0 Å². The van der Waals surface area contributed by atoms with Gasteiger partial charge in [-0.15, -0.1) is 0 Å². The predicted molar refractivity (Wildman–Crippen MR) is 65.1 cm³/mol. The maximum atomic E-state index is 10.6. The van der Waals surface area contributed by atoms with Crippen LogP contribution in [0.4, 0.5) is 13.2 Å². The number of unbranched alkanes of at least 4 members (excludes halogenated alkanes) is 1. The predicted octanol–water partition coefficient (Wildman–Crippen LogP) is 2.58. The van der Waals surface area contributed by atoms with Gasteiger partial charge in [0.15, 0.2) is 0 Å². The summed E-state index contributed by atoms with van der Waals surface area (Å²) in [4.78, 5) is 8.90. The molecule has 0 aromatic carbocycles. The van der Waals surface area contributed by atoms with Crippen LogP contribution in [0.5, 0.6) is 0 Å². The highest BCUT2D eigenvalue weighted by Crippen LogP contribution is 2.28. The Balaban J connectivity index is 0.000000399. The second-order valence-corrected chi connectivity index (χ2v) is 4.54. The molecule has 1 heterocycles. The van der Waals surface area contributed by atoms with E-state index in [4.69, 9.17) is 14.6 Å². The fourth-order valence-electron chi connectivity index (χ4n) is 1.94. The maximum Gasteiger partial charge on any atom is 0.490 e. The fraction of sp³-hybridized carbons (Fsp3) is 0.917. The number of methoxy groups -OCH3 is 1. The number of hydrogen-bond donors (Lipinski definition) is 2. The van der Waals surface area contributed by atoms with Crippen LogP contribution in [-0.2, 0) is 9.53 Å². The summed E-state index contributed by atoms with van der Waals surface area (Å²) in [6, 6.07) is 0. The molecule has 0 aromatic heterocycles. The molecular formula is C12H22F3NO3. The summed E-state index contributed by atoms with van der Waals surface area (Å²) in [7, 11) is 1.86. The molecule has 19 heavy (non-hydrogen) atoms. The molecule has 0 bridgehead atoms. The van der Waals surface area contributed by atoms with Crippen LogP contribution >= 0.6 is 0 Å². The summed E-state index contributed by atoms with van der Waals surface area (Å²) in [6.45, 7) is 4.49. The topological polar surface area (TPSA) is 58.6 Å². The average molecular weight is 285 g/mol. The van der Waals surface area contributed by atoms with Gasteiger partial charge in [0.05, 0.1) is 5.60 Å². The highest BCUT2D eigenvalue weighted by Gasteiger charge is 2.38. The summed E-state index contributed by atoms with van der Waals surface area (Å²) in [6.07, 6.45) is 1.10. The third-order valence-electron chi connectivity index (χ3n) is 3.18. The van der Waals surface area contributed by atoms with Gasteiger partial charge in [-0.05, 0) is 32.4 Å². The first-order valence-corrected chi connectivity index (χ1v) is 6.33. The molecule has 4 nitrogen and oxygen atoms in total. The summed E-state index contributed by atoms with van der Waals surface area (Å²) >= 11 is 0. The van der Waals surface area contributed by atoms with Crippen LogP contribution in [0.3, 0.4) is 0 Å². The molecular weight excluding hydrogens is 263 g/mol. The monoisotopic (exact) mass is 285 g/mol. The first-order valence-electron chi connectivity index (χ1n) is 6.33. The second-order valence-electron chi connectivity index (χ2n) is 4.54. The molecule has 1 fully saturated rings. The smallest absolute Gasteiger partial charge is 0.475 e. The van der Waals surface area contributed by atoms with Gasteiger partial charge in [-0.3, -0.25) is 0 Å². The molecule has 7 heteroatoms. The number of carboxylic acid groups (broad SMARTS) is 1. The minimum Gasteiger partial charge on any atom is -0.475 e. The zero-order valence-electron chi connectivity index (χ0n) is 11.3. The largest absolute Gasteiger partial charge is 0.490 e. The lowest BCUT2D eigenvalue weighted by Crippen LogP contribution is -2.43. The van der Waals surface area contributed by atoms with Gasteiger partial charge < -0.3 is 15.2 Å². The molecule has 0 atom stereocenters. The average Bonchev–Trinajstić information content (AvgIpc) is 2.37. The van der Waals surface area contributed by atoms with Crippen LogP contribution in [0.2, 0.25) is 0 Å². The first kappa shape index (κ1) is 18.2. The van der Waals surface area contributed by atoms with Gasteiger partial charge in [-0.1, -0.05) is 19.8 Å². The van der Waals surface area contributed by atoms with Gasteiger partial charge >= 0.3 is 12.1 Å². The Morgan fingerprint density at radius 2 is 1.84 bits per heavy atom. The lowest BCUT2D eigenvalue weighted by Gasteiger charge is -2.36. The number of carboxylic acids is 1. The molecule has 2 N–H and O–H groups in total. The van der Waals surface area contributed by atoms with E-state index in [1.807, 2.05) is 7.11 Å². The first-order chi connectivity index (χ1) is 8.77. The second kappa shape index (κ2) is 8.37. The molecule has 1 aliphatic rings. The summed E-state index contributed by atoms with van der Waals surface area (Å²) < 4.78 is 37.4. The Morgan fingerprint density at radius 3 is 2.16 bits per heavy atom. The van der Waals surface area contributed by atoms with Crippen molar-refractivity contribution in [3.63, 3.8) is 0 Å². The number of aliphatic carboxylic acids is 1. The van der Waals surface area contributed by atoms with E-state index in [1.54, 1.807) is 0 Å². The van der Waals surface area contributed by atoms with E-state index in [1.165, 1.54) is 32.1 Å². The zero-order chi connectivity index (χ0) is 14.9. The van der Waals surface area contributed by atoms with Gasteiger partial charge in [0, 0.05) is 7.11 Å². The van der Waals surface area contributed by atoms with Crippen molar-refractivity contribution >= 4 is 5.97 Å². The number of halogens is 3. The van der Waals surface area contributed by atoms with Crippen LogP contribution in [0.1, 0.15) is 39.0 Å². The van der Waals surface area contributed by atoms with Gasteiger partial charge in [-0.25, -0.2) is 4.79 Å². The number of rotatable bonds is 4. The Hall–Kier alpha value is -0.820. The van der Waals surface area contributed by atoms with Crippen LogP contribution in [0, 0.1) is 0 Å². The molecule has 0 aliphatic carbocycles. The van der Waals surface area contributed by atoms with Crippen LogP contribution in [-0.4, -0.2) is 43.1 Å². The van der Waals surface area contributed by atoms with E-state index in [2.05, 4.69) is 12.2 Å². The molecule has 1 aliphatic heterocycles. The van der Waals surface area contributed by atoms with Gasteiger partial charge in [0.2, 0.25) is 0 Å². The van der Waals surface area contributed by atoms with E-state index < -0.39 is 12.1 Å². The number of ether oxygens (including phenoxy) is 1. The number of alkyl halides is 3. The molecule has 114 valence electrons. The Labute approximate surface area is 111 Å². The van der Waals surface area contributed by atoms with Crippen LogP contribution in [0.15, 0.2) is 0 Å². The zero-order valence-corrected chi connectivity index (χ0v) is 11.3. The third kappa shape index (κ3) is 7.37. The van der Waals surface area contributed by atoms with Gasteiger partial charge in [0.1, 0.15) is 0 Å². The summed E-state index contributed by atoms with van der Waals surface area (Å²) in [5.41, 5.74) is 0.210. The summed E-state index contributed by atoms with van der Waals surface area (Å²) in [5, 5.41) is 10.5. The lowest BCUT2D eigenvalue weighted by molar-refractivity contribution is -0.192. The molecule has 0 amide bonds. The third-order valence-corrected chi connectivity index (χ3v) is 3.18. The molecule has 0 spiro atoms. The van der Waals surface area contributed by atoms with Crippen molar-refractivity contribution in [2.24, 2.45) is 0 Å². The van der Waals surface area contributed by atoms with Crippen molar-refractivity contribution < 1.29 is 27.8 Å². The molecule has 1 rings (SSSR count). The minimum absolute atomic E-state index is 0.210. The highest BCUT2D eigenvalue weighted by molar-refractivity contribution is 5.73. The molecule has 0 radical (unpaired) electrons. The quantitative estimate of drug-likeness (QED) is 0.833. The van der Waals surface area contributed by atoms with Gasteiger partial charge in [-0.2, -0.15) is 13.2 Å². The summed E-state index contributed by atoms with van der Waals surface area (Å²) in [5.74, 6) is -2.76. The Bertz CT molecular complexity index is 263. The normalized spacial score (nSPS) is 18.4.